The first-order valence-electron chi connectivity index (χ1n) is 9.54. The average molecular weight is 425 g/mol. The van der Waals surface area contributed by atoms with Crippen LogP contribution in [-0.4, -0.2) is 41.9 Å². The molecule has 1 aliphatic heterocycles. The largest absolute Gasteiger partial charge is 0.468 e. The lowest BCUT2D eigenvalue weighted by Crippen LogP contribution is -2.28. The van der Waals surface area contributed by atoms with Gasteiger partial charge in [-0.3, -0.25) is 9.69 Å². The molecule has 27 heavy (non-hydrogen) atoms. The van der Waals surface area contributed by atoms with E-state index in [0.717, 1.165) is 36.1 Å². The van der Waals surface area contributed by atoms with Crippen molar-refractivity contribution in [2.75, 3.05) is 31.1 Å². The van der Waals surface area contributed by atoms with E-state index in [-0.39, 0.29) is 5.91 Å². The van der Waals surface area contributed by atoms with Gasteiger partial charge in [0.1, 0.15) is 5.76 Å². The third-order valence-electron chi connectivity index (χ3n) is 4.42. The molecule has 3 heterocycles. The molecule has 3 rings (SSSR count). The van der Waals surface area contributed by atoms with Gasteiger partial charge in [0.05, 0.1) is 17.8 Å². The molecule has 0 spiro atoms. The van der Waals surface area contributed by atoms with Crippen molar-refractivity contribution in [1.82, 2.24) is 10.2 Å². The second kappa shape index (κ2) is 11.8. The number of nitrogens with zero attached hydrogens (tertiary/aromatic N) is 1. The number of hydrogen-bond acceptors (Lipinski definition) is 6. The highest BCUT2D eigenvalue weighted by Gasteiger charge is 2.11. The standard InChI is InChI=1S/C20H28N2O2S3/c23-20(16-26-14-17-5-4-11-24-17)21-8-12-25-15-19-7-6-18(27-19)13-22-9-2-1-3-10-22/h4-7,11H,1-3,8-10,12-16H2,(H,21,23). The van der Waals surface area contributed by atoms with Crippen molar-refractivity contribution in [2.45, 2.75) is 37.3 Å². The maximum atomic E-state index is 11.8. The first kappa shape index (κ1) is 20.8. The number of carbonyl (C=O) groups excluding carboxylic acids is 1. The van der Waals surface area contributed by atoms with Gasteiger partial charge in [0, 0.05) is 34.3 Å². The molecule has 0 radical (unpaired) electrons. The topological polar surface area (TPSA) is 45.5 Å². The van der Waals surface area contributed by atoms with Crippen LogP contribution < -0.4 is 5.32 Å². The molecule has 1 aliphatic rings. The van der Waals surface area contributed by atoms with E-state index >= 15 is 0 Å². The third kappa shape index (κ3) is 7.94. The van der Waals surface area contributed by atoms with Gasteiger partial charge in [-0.25, -0.2) is 0 Å². The minimum atomic E-state index is 0.104. The summed E-state index contributed by atoms with van der Waals surface area (Å²) in [4.78, 5) is 17.3. The summed E-state index contributed by atoms with van der Waals surface area (Å²) in [6.07, 6.45) is 5.75. The monoisotopic (exact) mass is 424 g/mol. The van der Waals surface area contributed by atoms with E-state index in [0.29, 0.717) is 5.75 Å². The van der Waals surface area contributed by atoms with Gasteiger partial charge in [0.15, 0.2) is 0 Å². The van der Waals surface area contributed by atoms with Gasteiger partial charge in [0.2, 0.25) is 5.91 Å². The summed E-state index contributed by atoms with van der Waals surface area (Å²) in [7, 11) is 0. The molecule has 4 nitrogen and oxygen atoms in total. The zero-order valence-electron chi connectivity index (χ0n) is 15.7. The number of rotatable bonds is 11. The lowest BCUT2D eigenvalue weighted by atomic mass is 10.1. The summed E-state index contributed by atoms with van der Waals surface area (Å²) in [6, 6.07) is 8.36. The fraction of sp³-hybridized carbons (Fsp3) is 0.550. The molecular weight excluding hydrogens is 396 g/mol. The first-order valence-corrected chi connectivity index (χ1v) is 12.7. The molecule has 1 saturated heterocycles. The van der Waals surface area contributed by atoms with Crippen LogP contribution in [0.1, 0.15) is 34.8 Å². The van der Waals surface area contributed by atoms with Crippen LogP contribution in [0.4, 0.5) is 0 Å². The molecule has 1 N–H and O–H groups in total. The molecule has 0 saturated carbocycles. The van der Waals surface area contributed by atoms with Crippen LogP contribution in [-0.2, 0) is 22.8 Å². The zero-order chi connectivity index (χ0) is 18.7. The van der Waals surface area contributed by atoms with Crippen molar-refractivity contribution in [2.24, 2.45) is 0 Å². The first-order chi connectivity index (χ1) is 13.3. The van der Waals surface area contributed by atoms with Gasteiger partial charge < -0.3 is 9.73 Å². The molecule has 0 unspecified atom stereocenters. The molecule has 2 aromatic heterocycles. The lowest BCUT2D eigenvalue weighted by molar-refractivity contribution is -0.118. The molecule has 0 aliphatic carbocycles. The number of furan rings is 1. The highest BCUT2D eigenvalue weighted by Crippen LogP contribution is 2.23. The Morgan fingerprint density at radius 3 is 2.78 bits per heavy atom. The average Bonchev–Trinajstić information content (AvgIpc) is 3.34. The van der Waals surface area contributed by atoms with Crippen molar-refractivity contribution in [3.63, 3.8) is 0 Å². The second-order valence-corrected chi connectivity index (χ2v) is 10.0. The molecule has 0 bridgehead atoms. The van der Waals surface area contributed by atoms with E-state index in [1.807, 2.05) is 35.2 Å². The smallest absolute Gasteiger partial charge is 0.230 e. The number of thiophene rings is 1. The molecule has 1 amide bonds. The normalized spacial score (nSPS) is 15.1. The van der Waals surface area contributed by atoms with Crippen molar-refractivity contribution in [3.05, 3.63) is 46.0 Å². The molecule has 2 aromatic rings. The van der Waals surface area contributed by atoms with Crippen LogP contribution in [0.3, 0.4) is 0 Å². The van der Waals surface area contributed by atoms with Gasteiger partial charge in [-0.2, -0.15) is 11.8 Å². The van der Waals surface area contributed by atoms with E-state index in [1.165, 1.54) is 42.1 Å². The Balaban J connectivity index is 1.22. The number of amides is 1. The van der Waals surface area contributed by atoms with E-state index < -0.39 is 0 Å². The molecule has 0 atom stereocenters. The quantitative estimate of drug-likeness (QED) is 0.534. The predicted molar refractivity (Wildman–Crippen MR) is 117 cm³/mol. The van der Waals surface area contributed by atoms with Crippen LogP contribution in [0.2, 0.25) is 0 Å². The Morgan fingerprint density at radius 2 is 1.96 bits per heavy atom. The fourth-order valence-corrected chi connectivity index (χ4v) is 5.83. The molecule has 7 heteroatoms. The minimum absolute atomic E-state index is 0.104. The lowest BCUT2D eigenvalue weighted by Gasteiger charge is -2.25. The molecule has 0 aromatic carbocycles. The summed E-state index contributed by atoms with van der Waals surface area (Å²) in [5.74, 6) is 4.23. The Kier molecular flexibility index (Phi) is 9.14. The molecule has 148 valence electrons. The van der Waals surface area contributed by atoms with Gasteiger partial charge >= 0.3 is 0 Å². The Labute approximate surface area is 174 Å². The summed E-state index contributed by atoms with van der Waals surface area (Å²) in [6.45, 7) is 4.35. The third-order valence-corrected chi connectivity index (χ3v) is 7.63. The van der Waals surface area contributed by atoms with Crippen molar-refractivity contribution in [3.8, 4) is 0 Å². The maximum Gasteiger partial charge on any atom is 0.230 e. The highest BCUT2D eigenvalue weighted by molar-refractivity contribution is 7.99. The van der Waals surface area contributed by atoms with Crippen molar-refractivity contribution < 1.29 is 9.21 Å². The number of carbonyl (C=O) groups is 1. The van der Waals surface area contributed by atoms with Gasteiger partial charge in [-0.05, 0) is 50.2 Å². The predicted octanol–water partition coefficient (Wildman–Crippen LogP) is 4.61. The second-order valence-electron chi connectivity index (χ2n) is 6.68. The van der Waals surface area contributed by atoms with Crippen LogP contribution in [0.25, 0.3) is 0 Å². The highest BCUT2D eigenvalue weighted by atomic mass is 32.2. The van der Waals surface area contributed by atoms with Crippen molar-refractivity contribution in [1.29, 1.82) is 0 Å². The van der Waals surface area contributed by atoms with E-state index in [9.17, 15) is 4.79 Å². The number of likely N-dealkylation sites (tertiary alicyclic amines) is 1. The fourth-order valence-electron chi connectivity index (χ4n) is 3.05. The Hall–Kier alpha value is -0.890. The number of hydrogen-bond donors (Lipinski definition) is 1. The van der Waals surface area contributed by atoms with Crippen molar-refractivity contribution >= 4 is 40.8 Å². The van der Waals surface area contributed by atoms with Gasteiger partial charge in [-0.1, -0.05) is 6.42 Å². The van der Waals surface area contributed by atoms with Gasteiger partial charge in [-0.15, -0.1) is 23.1 Å². The maximum absolute atomic E-state index is 11.8. The number of thioether (sulfide) groups is 2. The molecule has 1 fully saturated rings. The van der Waals surface area contributed by atoms with E-state index in [2.05, 4.69) is 22.3 Å². The minimum Gasteiger partial charge on any atom is -0.468 e. The summed E-state index contributed by atoms with van der Waals surface area (Å²) in [5.41, 5.74) is 0. The summed E-state index contributed by atoms with van der Waals surface area (Å²) >= 11 is 5.41. The SMILES string of the molecule is O=C(CSCc1ccco1)NCCSCc1ccc(CN2CCCCC2)s1. The zero-order valence-corrected chi connectivity index (χ0v) is 18.1. The summed E-state index contributed by atoms with van der Waals surface area (Å²) in [5, 5.41) is 2.99. The van der Waals surface area contributed by atoms with E-state index in [4.69, 9.17) is 4.42 Å². The number of piperidine rings is 1. The Bertz CT molecular complexity index is 667. The van der Waals surface area contributed by atoms with Crippen LogP contribution >= 0.6 is 34.9 Å². The molecular formula is C20H28N2O2S3. The van der Waals surface area contributed by atoms with Gasteiger partial charge in [0.25, 0.3) is 0 Å². The van der Waals surface area contributed by atoms with Crippen LogP contribution in [0, 0.1) is 0 Å². The number of nitrogens with one attached hydrogen (secondary N) is 1. The van der Waals surface area contributed by atoms with Crippen LogP contribution in [0.15, 0.2) is 34.9 Å². The van der Waals surface area contributed by atoms with Crippen LogP contribution in [0.5, 0.6) is 0 Å². The van der Waals surface area contributed by atoms with E-state index in [1.54, 1.807) is 18.0 Å². The summed E-state index contributed by atoms with van der Waals surface area (Å²) < 4.78 is 5.26. The Morgan fingerprint density at radius 1 is 1.11 bits per heavy atom.